The molecule has 1 saturated heterocycles. The second-order valence-corrected chi connectivity index (χ2v) is 7.75. The van der Waals surface area contributed by atoms with E-state index >= 15 is 0 Å². The van der Waals surface area contributed by atoms with Crippen LogP contribution in [0.3, 0.4) is 0 Å². The van der Waals surface area contributed by atoms with Crippen LogP contribution in [0.25, 0.3) is 0 Å². The molecule has 2 aromatic rings. The summed E-state index contributed by atoms with van der Waals surface area (Å²) < 4.78 is 5.81. The van der Waals surface area contributed by atoms with Gasteiger partial charge >= 0.3 is 0 Å². The van der Waals surface area contributed by atoms with E-state index in [1.807, 2.05) is 30.3 Å². The lowest BCUT2D eigenvalue weighted by atomic mass is 9.88. The number of rotatable bonds is 10. The van der Waals surface area contributed by atoms with E-state index in [9.17, 15) is 5.11 Å². The maximum Gasteiger partial charge on any atom is 0.119 e. The minimum Gasteiger partial charge on any atom is -0.494 e. The van der Waals surface area contributed by atoms with Gasteiger partial charge in [-0.25, -0.2) is 0 Å². The summed E-state index contributed by atoms with van der Waals surface area (Å²) in [5.74, 6) is 1.01. The molecule has 0 bridgehead atoms. The van der Waals surface area contributed by atoms with E-state index < -0.39 is 6.10 Å². The molecule has 0 spiro atoms. The Morgan fingerprint density at radius 2 is 1.63 bits per heavy atom. The number of likely N-dealkylation sites (tertiary alicyclic amines) is 1. The lowest BCUT2D eigenvalue weighted by Crippen LogP contribution is -3.10. The van der Waals surface area contributed by atoms with Crippen LogP contribution in [0.5, 0.6) is 5.75 Å². The van der Waals surface area contributed by atoms with Gasteiger partial charge in [-0.15, -0.1) is 0 Å². The fourth-order valence-corrected chi connectivity index (χ4v) is 4.04. The molecule has 2 atom stereocenters. The first-order chi connectivity index (χ1) is 13.3. The number of quaternary nitrogens is 1. The van der Waals surface area contributed by atoms with Crippen molar-refractivity contribution in [1.29, 1.82) is 0 Å². The van der Waals surface area contributed by atoms with Crippen molar-refractivity contribution in [2.75, 3.05) is 26.2 Å². The SMILES string of the molecule is CCCCCOc1ccc([C@@H](O)[C@@H](C[NH+]2CCCC2)c2ccccc2)cc1. The second-order valence-electron chi connectivity index (χ2n) is 7.75. The van der Waals surface area contributed by atoms with E-state index in [2.05, 4.69) is 31.2 Å². The lowest BCUT2D eigenvalue weighted by Gasteiger charge is -2.26. The highest BCUT2D eigenvalue weighted by Gasteiger charge is 2.28. The van der Waals surface area contributed by atoms with Gasteiger partial charge in [0.15, 0.2) is 0 Å². The van der Waals surface area contributed by atoms with Crippen LogP contribution >= 0.6 is 0 Å². The Morgan fingerprint density at radius 1 is 0.926 bits per heavy atom. The average Bonchev–Trinajstić information content (AvgIpc) is 3.23. The number of hydrogen-bond donors (Lipinski definition) is 2. The molecular formula is C24H34NO2+. The monoisotopic (exact) mass is 368 g/mol. The summed E-state index contributed by atoms with van der Waals surface area (Å²) in [6.07, 6.45) is 5.61. The van der Waals surface area contributed by atoms with Crippen LogP contribution in [0.4, 0.5) is 0 Å². The van der Waals surface area contributed by atoms with Gasteiger partial charge in [-0.2, -0.15) is 0 Å². The van der Waals surface area contributed by atoms with Gasteiger partial charge in [0.05, 0.1) is 38.3 Å². The molecule has 0 amide bonds. The normalized spacial score (nSPS) is 17.0. The number of aliphatic hydroxyl groups is 1. The fourth-order valence-electron chi connectivity index (χ4n) is 4.04. The van der Waals surface area contributed by atoms with Crippen molar-refractivity contribution in [2.45, 2.75) is 51.0 Å². The molecule has 3 heteroatoms. The Hall–Kier alpha value is -1.84. The zero-order valence-corrected chi connectivity index (χ0v) is 16.6. The van der Waals surface area contributed by atoms with Gasteiger partial charge in [0.2, 0.25) is 0 Å². The smallest absolute Gasteiger partial charge is 0.119 e. The first-order valence-electron chi connectivity index (χ1n) is 10.6. The van der Waals surface area contributed by atoms with Crippen molar-refractivity contribution in [3.8, 4) is 5.75 Å². The highest BCUT2D eigenvalue weighted by Crippen LogP contribution is 2.31. The Kier molecular flexibility index (Phi) is 7.73. The predicted molar refractivity (Wildman–Crippen MR) is 110 cm³/mol. The van der Waals surface area contributed by atoms with E-state index in [4.69, 9.17) is 4.74 Å². The zero-order chi connectivity index (χ0) is 18.9. The molecule has 1 fully saturated rings. The van der Waals surface area contributed by atoms with Crippen molar-refractivity contribution in [3.63, 3.8) is 0 Å². The molecule has 0 aromatic heterocycles. The maximum atomic E-state index is 11.2. The molecule has 2 N–H and O–H groups in total. The number of hydrogen-bond acceptors (Lipinski definition) is 2. The Balaban J connectivity index is 1.68. The Morgan fingerprint density at radius 3 is 2.30 bits per heavy atom. The van der Waals surface area contributed by atoms with E-state index in [-0.39, 0.29) is 5.92 Å². The van der Waals surface area contributed by atoms with Crippen molar-refractivity contribution in [3.05, 3.63) is 65.7 Å². The number of benzene rings is 2. The van der Waals surface area contributed by atoms with Crippen molar-refractivity contribution >= 4 is 0 Å². The molecule has 0 unspecified atom stereocenters. The third-order valence-corrected chi connectivity index (χ3v) is 5.67. The Labute approximate surface area is 164 Å². The van der Waals surface area contributed by atoms with E-state index in [1.165, 1.54) is 44.3 Å². The average molecular weight is 369 g/mol. The Bertz CT molecular complexity index is 650. The maximum absolute atomic E-state index is 11.2. The summed E-state index contributed by atoms with van der Waals surface area (Å²) in [6, 6.07) is 18.5. The predicted octanol–water partition coefficient (Wildman–Crippen LogP) is 3.75. The molecule has 27 heavy (non-hydrogen) atoms. The number of aliphatic hydroxyl groups excluding tert-OH is 1. The van der Waals surface area contributed by atoms with Gasteiger partial charge < -0.3 is 14.7 Å². The number of nitrogens with one attached hydrogen (secondary N) is 1. The number of unbranched alkanes of at least 4 members (excludes halogenated alkanes) is 2. The molecule has 0 saturated carbocycles. The van der Waals surface area contributed by atoms with Crippen LogP contribution in [0.15, 0.2) is 54.6 Å². The molecule has 0 aliphatic carbocycles. The first kappa shape index (κ1) is 19.9. The largest absolute Gasteiger partial charge is 0.494 e. The van der Waals surface area contributed by atoms with Gasteiger partial charge in [0, 0.05) is 12.8 Å². The molecule has 1 heterocycles. The molecule has 146 valence electrons. The van der Waals surface area contributed by atoms with Gasteiger partial charge in [-0.1, -0.05) is 62.2 Å². The van der Waals surface area contributed by atoms with E-state index in [0.29, 0.717) is 0 Å². The number of ether oxygens (including phenoxy) is 1. The van der Waals surface area contributed by atoms with Crippen LogP contribution in [-0.4, -0.2) is 31.3 Å². The van der Waals surface area contributed by atoms with Gasteiger partial charge in [-0.3, -0.25) is 0 Å². The molecule has 3 nitrogen and oxygen atoms in total. The molecule has 2 aromatic carbocycles. The van der Waals surface area contributed by atoms with E-state index in [0.717, 1.165) is 30.9 Å². The van der Waals surface area contributed by atoms with Gasteiger partial charge in [0.25, 0.3) is 0 Å². The van der Waals surface area contributed by atoms with Crippen LogP contribution in [0.1, 0.15) is 62.2 Å². The minimum atomic E-state index is -0.491. The van der Waals surface area contributed by atoms with Gasteiger partial charge in [-0.05, 0) is 29.7 Å². The van der Waals surface area contributed by atoms with Gasteiger partial charge in [0.1, 0.15) is 5.75 Å². The zero-order valence-electron chi connectivity index (χ0n) is 16.6. The van der Waals surface area contributed by atoms with Crippen molar-refractivity contribution < 1.29 is 14.7 Å². The molecule has 0 radical (unpaired) electrons. The summed E-state index contributed by atoms with van der Waals surface area (Å²) in [4.78, 5) is 1.61. The van der Waals surface area contributed by atoms with Crippen molar-refractivity contribution in [2.24, 2.45) is 0 Å². The quantitative estimate of drug-likeness (QED) is 0.626. The molecular weight excluding hydrogens is 334 g/mol. The summed E-state index contributed by atoms with van der Waals surface area (Å²) in [7, 11) is 0. The van der Waals surface area contributed by atoms with Crippen molar-refractivity contribution in [1.82, 2.24) is 0 Å². The standard InChI is InChI=1S/C24H33NO2/c1-2-3-9-18-27-22-14-12-21(13-15-22)24(26)23(19-25-16-7-8-17-25)20-10-5-4-6-11-20/h4-6,10-15,23-24,26H,2-3,7-9,16-19H2,1H3/p+1/t23-,24+/m0/s1. The second kappa shape index (κ2) is 10.5. The summed E-state index contributed by atoms with van der Waals surface area (Å²) in [6.45, 7) is 6.39. The van der Waals surface area contributed by atoms with E-state index in [1.54, 1.807) is 4.90 Å². The van der Waals surface area contributed by atoms with Crippen LogP contribution in [0.2, 0.25) is 0 Å². The lowest BCUT2D eigenvalue weighted by molar-refractivity contribution is -0.889. The summed E-state index contributed by atoms with van der Waals surface area (Å²) >= 11 is 0. The summed E-state index contributed by atoms with van der Waals surface area (Å²) in [5.41, 5.74) is 2.20. The molecule has 1 aliphatic rings. The van der Waals surface area contributed by atoms with Crippen LogP contribution in [-0.2, 0) is 0 Å². The summed E-state index contributed by atoms with van der Waals surface area (Å²) in [5, 5.41) is 11.2. The highest BCUT2D eigenvalue weighted by molar-refractivity contribution is 5.31. The fraction of sp³-hybridized carbons (Fsp3) is 0.500. The third kappa shape index (κ3) is 5.82. The first-order valence-corrected chi connectivity index (χ1v) is 10.6. The third-order valence-electron chi connectivity index (χ3n) is 5.67. The molecule has 1 aliphatic heterocycles. The van der Waals surface area contributed by atoms with Crippen LogP contribution in [0, 0.1) is 0 Å². The minimum absolute atomic E-state index is 0.121. The topological polar surface area (TPSA) is 33.9 Å². The van der Waals surface area contributed by atoms with Crippen LogP contribution < -0.4 is 9.64 Å². The molecule has 3 rings (SSSR count). The highest BCUT2D eigenvalue weighted by atomic mass is 16.5.